The number of rotatable bonds is 6. The van der Waals surface area contributed by atoms with Gasteiger partial charge in [-0.3, -0.25) is 0 Å². The molecule has 5 atom stereocenters. The quantitative estimate of drug-likeness (QED) is 0.540. The third-order valence-electron chi connectivity index (χ3n) is 7.76. The van der Waals surface area contributed by atoms with E-state index in [2.05, 4.69) is 48.8 Å². The maximum atomic E-state index is 14.4. The van der Waals surface area contributed by atoms with Gasteiger partial charge in [-0.2, -0.15) is 4.98 Å². The molecule has 198 valence electrons. The first kappa shape index (κ1) is 26.8. The number of hydrogen-bond acceptors (Lipinski definition) is 8. The Bertz CT molecular complexity index is 1110. The van der Waals surface area contributed by atoms with Gasteiger partial charge in [-0.05, 0) is 56.1 Å². The zero-order valence-corrected chi connectivity index (χ0v) is 23.3. The van der Waals surface area contributed by atoms with Crippen LogP contribution in [0.5, 0.6) is 0 Å². The predicted octanol–water partition coefficient (Wildman–Crippen LogP) is 4.84. The van der Waals surface area contributed by atoms with Crippen molar-refractivity contribution >= 4 is 20.2 Å². The maximum absolute atomic E-state index is 14.4. The lowest BCUT2D eigenvalue weighted by Gasteiger charge is -2.42. The van der Waals surface area contributed by atoms with Crippen LogP contribution in [0.4, 0.5) is 20.7 Å². The largest absolute Gasteiger partial charge is 0.410 e. The van der Waals surface area contributed by atoms with Gasteiger partial charge in [0.25, 0.3) is 0 Å². The molecule has 2 heterocycles. The van der Waals surface area contributed by atoms with Gasteiger partial charge >= 0.3 is 0 Å². The fourth-order valence-electron chi connectivity index (χ4n) is 4.87. The Morgan fingerprint density at radius 2 is 1.81 bits per heavy atom. The lowest BCUT2D eigenvalue weighted by Crippen LogP contribution is -2.44. The number of hydrogen-bond donors (Lipinski definition) is 1. The summed E-state index contributed by atoms with van der Waals surface area (Å²) in [7, 11) is -0.441. The third kappa shape index (κ3) is 5.11. The number of nitrogens with two attached hydrogens (primary N) is 1. The lowest BCUT2D eigenvalue weighted by atomic mass is 9.92. The van der Waals surface area contributed by atoms with Gasteiger partial charge in [-0.25, -0.2) is 18.7 Å². The first-order chi connectivity index (χ1) is 16.6. The van der Waals surface area contributed by atoms with E-state index in [1.165, 1.54) is 12.4 Å². The smallest absolute Gasteiger partial charge is 0.230 e. The molecule has 1 unspecified atom stereocenters. The second-order valence-corrected chi connectivity index (χ2v) is 16.5. The molecule has 0 amide bonds. The summed E-state index contributed by atoms with van der Waals surface area (Å²) in [6.45, 7) is 14.5. The Hall–Kier alpha value is -2.21. The summed E-state index contributed by atoms with van der Waals surface area (Å²) in [6.07, 6.45) is 0.802. The van der Waals surface area contributed by atoms with E-state index in [0.717, 1.165) is 6.07 Å². The summed E-state index contributed by atoms with van der Waals surface area (Å²) in [6, 6.07) is 3.84. The predicted molar refractivity (Wildman–Crippen MR) is 136 cm³/mol. The minimum Gasteiger partial charge on any atom is -0.410 e. The molecule has 2 aromatic rings. The van der Waals surface area contributed by atoms with E-state index >= 15 is 0 Å². The molecule has 1 aromatic carbocycles. The average molecular weight is 522 g/mol. The average Bonchev–Trinajstić information content (AvgIpc) is 3.25. The van der Waals surface area contributed by atoms with E-state index in [1.54, 1.807) is 6.07 Å². The first-order valence-electron chi connectivity index (χ1n) is 12.3. The number of aromatic nitrogens is 3. The molecule has 1 aromatic heterocycles. The number of nitrogens with zero attached hydrogens (tertiary/aromatic N) is 4. The van der Waals surface area contributed by atoms with Crippen LogP contribution in [0.15, 0.2) is 24.5 Å². The molecule has 8 nitrogen and oxygen atoms in total. The van der Waals surface area contributed by atoms with Crippen molar-refractivity contribution in [2.45, 2.75) is 89.3 Å². The molecular weight excluding hydrogens is 484 g/mol. The molecule has 36 heavy (non-hydrogen) atoms. The highest BCUT2D eigenvalue weighted by molar-refractivity contribution is 6.74. The van der Waals surface area contributed by atoms with Crippen molar-refractivity contribution in [3.05, 3.63) is 41.7 Å². The van der Waals surface area contributed by atoms with Crippen molar-refractivity contribution < 1.29 is 22.7 Å². The first-order valence-corrected chi connectivity index (χ1v) is 15.2. The van der Waals surface area contributed by atoms with Crippen molar-refractivity contribution in [2.24, 2.45) is 5.92 Å². The Morgan fingerprint density at radius 1 is 1.14 bits per heavy atom. The van der Waals surface area contributed by atoms with Crippen molar-refractivity contribution in [3.8, 4) is 0 Å². The zero-order chi connectivity index (χ0) is 26.6. The summed E-state index contributed by atoms with van der Waals surface area (Å²) >= 11 is 0. The highest BCUT2D eigenvalue weighted by Gasteiger charge is 2.58. The Balaban J connectivity index is 1.76. The number of halogens is 2. The standard InChI is InChI=1S/C25H37F2N5O3Si/c1-24(2,3)36(7,8)35-19(14-9-10-16(26)17(27)11-14)15-12-18(21-20(15)33-25(4,5)34-21)32(6)23-30-13-29-22(28)31-23/h9-11,13,15,18-21H,12H2,1-8H3,(H2,28,29,30,31)/t15-,18-,19?,20-,21+/m1/s1. The van der Waals surface area contributed by atoms with E-state index < -0.39 is 31.8 Å². The Kier molecular flexibility index (Phi) is 6.91. The van der Waals surface area contributed by atoms with Crippen molar-refractivity contribution in [2.75, 3.05) is 17.7 Å². The number of likely N-dealkylation sites (N-methyl/N-ethyl adjacent to an activating group) is 1. The normalized spacial score (nSPS) is 26.6. The SMILES string of the molecule is CN(c1ncnc(N)n1)[C@@H]1C[C@H](C(O[Si](C)(C)C(C)(C)C)c2ccc(F)c(F)c2)[C@H]2OC(C)(C)O[C@H]21. The van der Waals surface area contributed by atoms with E-state index in [-0.39, 0.29) is 35.2 Å². The minimum atomic E-state index is -2.33. The van der Waals surface area contributed by atoms with Gasteiger partial charge < -0.3 is 24.5 Å². The van der Waals surface area contributed by atoms with Crippen molar-refractivity contribution in [1.82, 2.24) is 15.0 Å². The van der Waals surface area contributed by atoms with Gasteiger partial charge in [-0.15, -0.1) is 0 Å². The molecule has 11 heteroatoms. The van der Waals surface area contributed by atoms with Crippen LogP contribution in [0.2, 0.25) is 18.1 Å². The zero-order valence-electron chi connectivity index (χ0n) is 22.3. The fraction of sp³-hybridized carbons (Fsp3) is 0.640. The Labute approximate surface area is 212 Å². The van der Waals surface area contributed by atoms with Crippen LogP contribution >= 0.6 is 0 Å². The molecule has 0 radical (unpaired) electrons. The number of benzene rings is 1. The van der Waals surface area contributed by atoms with Crippen LogP contribution in [-0.2, 0) is 13.9 Å². The molecule has 1 saturated carbocycles. The summed E-state index contributed by atoms with van der Waals surface area (Å²) in [5.41, 5.74) is 6.39. The van der Waals surface area contributed by atoms with E-state index in [0.29, 0.717) is 17.9 Å². The van der Waals surface area contributed by atoms with Gasteiger partial charge in [0, 0.05) is 13.0 Å². The van der Waals surface area contributed by atoms with Crippen LogP contribution < -0.4 is 10.6 Å². The monoisotopic (exact) mass is 521 g/mol. The van der Waals surface area contributed by atoms with Crippen LogP contribution in [0, 0.1) is 17.6 Å². The molecular formula is C25H37F2N5O3Si. The number of fused-ring (bicyclic) bond motifs is 1. The molecule has 2 N–H and O–H groups in total. The van der Waals surface area contributed by atoms with Gasteiger partial charge in [-0.1, -0.05) is 26.8 Å². The van der Waals surface area contributed by atoms with Crippen LogP contribution in [0.3, 0.4) is 0 Å². The molecule has 1 aliphatic heterocycles. The second-order valence-electron chi connectivity index (χ2n) is 11.8. The molecule has 4 rings (SSSR count). The van der Waals surface area contributed by atoms with Gasteiger partial charge in [0.1, 0.15) is 12.4 Å². The second kappa shape index (κ2) is 9.27. The number of ether oxygens (including phenoxy) is 2. The van der Waals surface area contributed by atoms with E-state index in [1.807, 2.05) is 25.8 Å². The van der Waals surface area contributed by atoms with Crippen molar-refractivity contribution in [3.63, 3.8) is 0 Å². The topological polar surface area (TPSA) is 95.6 Å². The minimum absolute atomic E-state index is 0.0905. The van der Waals surface area contributed by atoms with Gasteiger partial charge in [0.05, 0.1) is 18.2 Å². The summed E-state index contributed by atoms with van der Waals surface area (Å²) < 4.78 is 48.0. The molecule has 1 saturated heterocycles. The Morgan fingerprint density at radius 3 is 2.42 bits per heavy atom. The molecule has 0 spiro atoms. The molecule has 0 bridgehead atoms. The highest BCUT2D eigenvalue weighted by atomic mass is 28.4. The van der Waals surface area contributed by atoms with E-state index in [4.69, 9.17) is 19.6 Å². The van der Waals surface area contributed by atoms with Crippen molar-refractivity contribution in [1.29, 1.82) is 0 Å². The summed E-state index contributed by atoms with van der Waals surface area (Å²) in [5, 5.41) is -0.0905. The van der Waals surface area contributed by atoms with Crippen LogP contribution in [0.1, 0.15) is 52.7 Å². The molecule has 1 aliphatic carbocycles. The molecule has 2 aliphatic rings. The maximum Gasteiger partial charge on any atom is 0.230 e. The van der Waals surface area contributed by atoms with Gasteiger partial charge in [0.2, 0.25) is 11.9 Å². The number of anilines is 2. The fourth-order valence-corrected chi connectivity index (χ4v) is 6.17. The van der Waals surface area contributed by atoms with Gasteiger partial charge in [0.15, 0.2) is 25.7 Å². The van der Waals surface area contributed by atoms with E-state index in [9.17, 15) is 8.78 Å². The summed E-state index contributed by atoms with van der Waals surface area (Å²) in [4.78, 5) is 14.4. The number of nitrogen functional groups attached to an aromatic ring is 1. The summed E-state index contributed by atoms with van der Waals surface area (Å²) in [5.74, 6) is -2.24. The highest BCUT2D eigenvalue weighted by Crippen LogP contribution is 2.51. The van der Waals surface area contributed by atoms with Crippen LogP contribution in [-0.4, -0.2) is 54.4 Å². The van der Waals surface area contributed by atoms with Crippen LogP contribution in [0.25, 0.3) is 0 Å². The lowest BCUT2D eigenvalue weighted by molar-refractivity contribution is -0.162. The third-order valence-corrected chi connectivity index (χ3v) is 12.2. The molecule has 2 fully saturated rings.